The summed E-state index contributed by atoms with van der Waals surface area (Å²) >= 11 is 0. The van der Waals surface area contributed by atoms with Crippen LogP contribution in [0.1, 0.15) is 32.0 Å². The molecule has 4 heteroatoms. The number of benzene rings is 1. The first kappa shape index (κ1) is 16.7. The number of halogens is 1. The van der Waals surface area contributed by atoms with E-state index in [1.165, 1.54) is 11.3 Å². The molecular formula is C19H29FN2Si. The minimum Gasteiger partial charge on any atom is -0.358 e. The van der Waals surface area contributed by atoms with Crippen LogP contribution >= 0.6 is 0 Å². The molecule has 0 fully saturated rings. The lowest BCUT2D eigenvalue weighted by Gasteiger charge is -2.37. The minimum atomic E-state index is -1.88. The Balaban J connectivity index is 2.14. The van der Waals surface area contributed by atoms with Gasteiger partial charge in [-0.1, -0.05) is 33.9 Å². The number of nitrogens with zero attached hydrogens (tertiary/aromatic N) is 1. The third kappa shape index (κ3) is 2.76. The van der Waals surface area contributed by atoms with Crippen LogP contribution in [0.25, 0.3) is 10.9 Å². The molecule has 1 aliphatic heterocycles. The standard InChI is InChI=1S/C19H29FN2Si/c1-19(2,3)23(5,6)18-12-17-14(11-15(18)20)13-7-9-22(4)10-8-16(13)21-17/h11-12,21H,7-10H2,1-6H3. The molecule has 0 atom stereocenters. The van der Waals surface area contributed by atoms with Gasteiger partial charge >= 0.3 is 0 Å². The number of aromatic amines is 1. The van der Waals surface area contributed by atoms with Crippen molar-refractivity contribution in [2.45, 2.75) is 51.7 Å². The van der Waals surface area contributed by atoms with Crippen LogP contribution in [0.2, 0.25) is 18.1 Å². The predicted molar refractivity (Wildman–Crippen MR) is 100.0 cm³/mol. The lowest BCUT2D eigenvalue weighted by molar-refractivity contribution is 0.352. The van der Waals surface area contributed by atoms with Crippen LogP contribution in [-0.2, 0) is 12.8 Å². The van der Waals surface area contributed by atoms with Crippen molar-refractivity contribution in [2.24, 2.45) is 0 Å². The van der Waals surface area contributed by atoms with E-state index in [1.807, 2.05) is 0 Å². The second-order valence-corrected chi connectivity index (χ2v) is 13.9. The second kappa shape index (κ2) is 5.45. The fraction of sp³-hybridized carbons (Fsp3) is 0.579. The van der Waals surface area contributed by atoms with Crippen LogP contribution < -0.4 is 5.19 Å². The van der Waals surface area contributed by atoms with Crippen molar-refractivity contribution in [1.29, 1.82) is 0 Å². The lowest BCUT2D eigenvalue weighted by atomic mass is 10.1. The molecule has 0 amide bonds. The molecule has 1 aliphatic rings. The first-order chi connectivity index (χ1) is 10.6. The van der Waals surface area contributed by atoms with Crippen LogP contribution in [0, 0.1) is 5.82 Å². The number of H-pyrrole nitrogens is 1. The Morgan fingerprint density at radius 3 is 2.43 bits per heavy atom. The number of fused-ring (bicyclic) bond motifs is 3. The zero-order valence-corrected chi connectivity index (χ0v) is 16.3. The summed E-state index contributed by atoms with van der Waals surface area (Å²) in [7, 11) is 0.277. The first-order valence-electron chi connectivity index (χ1n) is 8.63. The first-order valence-corrected chi connectivity index (χ1v) is 11.6. The van der Waals surface area contributed by atoms with Gasteiger partial charge in [0.05, 0.1) is 8.07 Å². The second-order valence-electron chi connectivity index (χ2n) is 8.64. The summed E-state index contributed by atoms with van der Waals surface area (Å²) in [6.45, 7) is 13.4. The van der Waals surface area contributed by atoms with Gasteiger partial charge in [-0.25, -0.2) is 4.39 Å². The van der Waals surface area contributed by atoms with Gasteiger partial charge in [0.1, 0.15) is 5.82 Å². The maximum atomic E-state index is 15.0. The third-order valence-electron chi connectivity index (χ3n) is 6.12. The van der Waals surface area contributed by atoms with E-state index in [2.05, 4.69) is 56.9 Å². The fourth-order valence-electron chi connectivity index (χ4n) is 3.43. The maximum Gasteiger partial charge on any atom is 0.123 e. The Morgan fingerprint density at radius 1 is 1.13 bits per heavy atom. The Hall–Kier alpha value is -1.13. The van der Waals surface area contributed by atoms with Crippen LogP contribution in [0.4, 0.5) is 4.39 Å². The Morgan fingerprint density at radius 2 is 1.78 bits per heavy atom. The molecule has 1 aromatic carbocycles. The van der Waals surface area contributed by atoms with Crippen molar-refractivity contribution in [2.75, 3.05) is 20.1 Å². The van der Waals surface area contributed by atoms with Gasteiger partial charge in [-0.3, -0.25) is 0 Å². The van der Waals surface area contributed by atoms with Gasteiger partial charge in [-0.05, 0) is 41.4 Å². The quantitative estimate of drug-likeness (QED) is 0.781. The van der Waals surface area contributed by atoms with E-state index < -0.39 is 8.07 Å². The monoisotopic (exact) mass is 332 g/mol. The van der Waals surface area contributed by atoms with Crippen LogP contribution in [-0.4, -0.2) is 38.1 Å². The number of hydrogen-bond donors (Lipinski definition) is 1. The average Bonchev–Trinajstić information content (AvgIpc) is 2.66. The van der Waals surface area contributed by atoms with E-state index in [0.717, 1.165) is 42.0 Å². The van der Waals surface area contributed by atoms with E-state index >= 15 is 0 Å². The molecule has 23 heavy (non-hydrogen) atoms. The van der Waals surface area contributed by atoms with Gasteiger partial charge in [-0.2, -0.15) is 0 Å². The number of nitrogens with one attached hydrogen (secondary N) is 1. The van der Waals surface area contributed by atoms with E-state index in [0.29, 0.717) is 0 Å². The fourth-order valence-corrected chi connectivity index (χ4v) is 5.41. The van der Waals surface area contributed by atoms with Crippen molar-refractivity contribution in [3.05, 3.63) is 29.2 Å². The molecule has 0 spiro atoms. The van der Waals surface area contributed by atoms with Gasteiger partial charge in [0.25, 0.3) is 0 Å². The molecule has 2 nitrogen and oxygen atoms in total. The van der Waals surface area contributed by atoms with E-state index in [4.69, 9.17) is 0 Å². The molecule has 2 heterocycles. The number of aromatic nitrogens is 1. The van der Waals surface area contributed by atoms with E-state index in [-0.39, 0.29) is 10.9 Å². The largest absolute Gasteiger partial charge is 0.358 e. The highest BCUT2D eigenvalue weighted by molar-refractivity contribution is 6.92. The van der Waals surface area contributed by atoms with E-state index in [1.54, 1.807) is 6.07 Å². The van der Waals surface area contributed by atoms with Crippen molar-refractivity contribution in [3.8, 4) is 0 Å². The molecule has 0 bridgehead atoms. The minimum absolute atomic E-state index is 0.0107. The zero-order valence-electron chi connectivity index (χ0n) is 15.3. The molecule has 2 aromatic rings. The Kier molecular flexibility index (Phi) is 3.96. The average molecular weight is 333 g/mol. The molecule has 0 aliphatic carbocycles. The van der Waals surface area contributed by atoms with Crippen molar-refractivity contribution in [1.82, 2.24) is 9.88 Å². The Labute approximate surface area is 140 Å². The molecule has 126 valence electrons. The zero-order chi connectivity index (χ0) is 17.0. The molecule has 0 radical (unpaired) electrons. The summed E-state index contributed by atoms with van der Waals surface area (Å²) in [5.41, 5.74) is 3.75. The Bertz CT molecular complexity index is 740. The molecular weight excluding hydrogens is 303 g/mol. The summed E-state index contributed by atoms with van der Waals surface area (Å²) in [5, 5.41) is 2.18. The molecule has 0 saturated carbocycles. The summed E-state index contributed by atoms with van der Waals surface area (Å²) < 4.78 is 15.0. The maximum absolute atomic E-state index is 15.0. The number of rotatable bonds is 1. The van der Waals surface area contributed by atoms with Crippen LogP contribution in [0.3, 0.4) is 0 Å². The van der Waals surface area contributed by atoms with Gasteiger partial charge < -0.3 is 9.88 Å². The number of likely N-dealkylation sites (N-methyl/N-ethyl adjacent to an activating group) is 1. The summed E-state index contributed by atoms with van der Waals surface area (Å²) in [6, 6.07) is 3.91. The summed E-state index contributed by atoms with van der Waals surface area (Å²) in [5.74, 6) is -0.0107. The van der Waals surface area contributed by atoms with Crippen molar-refractivity contribution >= 4 is 24.2 Å². The van der Waals surface area contributed by atoms with Gasteiger partial charge in [0, 0.05) is 36.1 Å². The molecule has 3 rings (SSSR count). The molecule has 1 aromatic heterocycles. The van der Waals surface area contributed by atoms with Gasteiger partial charge in [-0.15, -0.1) is 0 Å². The summed E-state index contributed by atoms with van der Waals surface area (Å²) in [6.07, 6.45) is 2.03. The van der Waals surface area contributed by atoms with Crippen molar-refractivity contribution in [3.63, 3.8) is 0 Å². The topological polar surface area (TPSA) is 19.0 Å². The summed E-state index contributed by atoms with van der Waals surface area (Å²) in [4.78, 5) is 5.94. The van der Waals surface area contributed by atoms with Gasteiger partial charge in [0.2, 0.25) is 0 Å². The van der Waals surface area contributed by atoms with Crippen LogP contribution in [0.15, 0.2) is 12.1 Å². The number of hydrogen-bond acceptors (Lipinski definition) is 1. The molecule has 0 saturated heterocycles. The van der Waals surface area contributed by atoms with E-state index in [9.17, 15) is 4.39 Å². The molecule has 0 unspecified atom stereocenters. The lowest BCUT2D eigenvalue weighted by Crippen LogP contribution is -2.50. The highest BCUT2D eigenvalue weighted by Crippen LogP contribution is 2.37. The SMILES string of the molecule is CN1CCc2[nH]c3cc([Si](C)(C)C(C)(C)C)c(F)cc3c2CC1. The highest BCUT2D eigenvalue weighted by Gasteiger charge is 2.39. The van der Waals surface area contributed by atoms with Gasteiger partial charge in [0.15, 0.2) is 0 Å². The normalized spacial score (nSPS) is 17.3. The molecule has 1 N–H and O–H groups in total. The third-order valence-corrected chi connectivity index (χ3v) is 11.6. The predicted octanol–water partition coefficient (Wildman–Crippen LogP) is 4.05. The van der Waals surface area contributed by atoms with Crippen LogP contribution in [0.5, 0.6) is 0 Å². The highest BCUT2D eigenvalue weighted by atomic mass is 28.3. The van der Waals surface area contributed by atoms with Crippen molar-refractivity contribution < 1.29 is 4.39 Å². The smallest absolute Gasteiger partial charge is 0.123 e.